The second-order valence-corrected chi connectivity index (χ2v) is 9.71. The molecule has 34 heavy (non-hydrogen) atoms. The lowest BCUT2D eigenvalue weighted by Gasteiger charge is -2.35. The van der Waals surface area contributed by atoms with Crippen molar-refractivity contribution in [3.8, 4) is 0 Å². The molecule has 0 N–H and O–H groups in total. The molecule has 0 radical (unpaired) electrons. The first kappa shape index (κ1) is 33.8. The maximum atomic E-state index is 12.7. The van der Waals surface area contributed by atoms with E-state index in [1.807, 2.05) is 9.80 Å². The third-order valence-corrected chi connectivity index (χ3v) is 7.56. The fourth-order valence-electron chi connectivity index (χ4n) is 5.53. The molecule has 6 nitrogen and oxygen atoms in total. The van der Waals surface area contributed by atoms with E-state index in [0.29, 0.717) is 11.8 Å². The van der Waals surface area contributed by atoms with Crippen LogP contribution in [0.15, 0.2) is 0 Å². The highest BCUT2D eigenvalue weighted by Crippen LogP contribution is 2.21. The Hall–Kier alpha value is -0.180. The molecule has 2 atom stereocenters. The van der Waals surface area contributed by atoms with Crippen LogP contribution in [0, 0.1) is 11.8 Å². The van der Waals surface area contributed by atoms with Gasteiger partial charge in [0.25, 0.3) is 0 Å². The van der Waals surface area contributed by atoms with E-state index in [4.69, 9.17) is 0 Å². The summed E-state index contributed by atoms with van der Waals surface area (Å²) >= 11 is 0. The van der Waals surface area contributed by atoms with Crippen molar-refractivity contribution in [3.05, 3.63) is 0 Å². The van der Waals surface area contributed by atoms with Crippen LogP contribution in [0.3, 0.4) is 0 Å². The second-order valence-electron chi connectivity index (χ2n) is 9.71. The highest BCUT2D eigenvalue weighted by Gasteiger charge is 2.29. The van der Waals surface area contributed by atoms with Gasteiger partial charge in [0.2, 0.25) is 11.8 Å². The normalized spacial score (nSPS) is 21.3. The van der Waals surface area contributed by atoms with Crippen molar-refractivity contribution >= 4 is 45.8 Å². The zero-order valence-electron chi connectivity index (χ0n) is 22.3. The van der Waals surface area contributed by atoms with Gasteiger partial charge in [0.05, 0.1) is 11.8 Å². The molecule has 2 heterocycles. The number of rotatable bonds is 13. The van der Waals surface area contributed by atoms with Crippen molar-refractivity contribution in [1.82, 2.24) is 19.6 Å². The van der Waals surface area contributed by atoms with Gasteiger partial charge in [-0.05, 0) is 92.4 Å². The first-order valence-electron chi connectivity index (χ1n) is 13.6. The zero-order chi connectivity index (χ0) is 23.3. The number of unbranched alkanes of at least 4 members (excludes halogenated alkanes) is 3. The predicted octanol–water partition coefficient (Wildman–Crippen LogP) is 4.86. The van der Waals surface area contributed by atoms with Gasteiger partial charge in [0, 0.05) is 39.3 Å². The molecular weight excluding hydrogens is 560 g/mol. The molecule has 0 saturated carbocycles. The number of nitrogens with zero attached hydrogens (tertiary/aromatic N) is 4. The predicted molar refractivity (Wildman–Crippen MR) is 153 cm³/mol. The lowest BCUT2D eigenvalue weighted by molar-refractivity contribution is -0.137. The van der Waals surface area contributed by atoms with E-state index in [0.717, 1.165) is 91.1 Å². The van der Waals surface area contributed by atoms with Crippen LogP contribution in [0.2, 0.25) is 0 Å². The second kappa shape index (κ2) is 19.0. The van der Waals surface area contributed by atoms with Gasteiger partial charge in [-0.1, -0.05) is 12.8 Å². The largest absolute Gasteiger partial charge is 0.343 e. The number of likely N-dealkylation sites (tertiary alicyclic amines) is 2. The van der Waals surface area contributed by atoms with Crippen LogP contribution in [-0.2, 0) is 9.59 Å². The van der Waals surface area contributed by atoms with E-state index < -0.39 is 0 Å². The highest BCUT2D eigenvalue weighted by atomic mass is 79.9. The lowest BCUT2D eigenvalue weighted by atomic mass is 9.96. The Morgan fingerprint density at radius 1 is 0.647 bits per heavy atom. The molecule has 0 spiro atoms. The van der Waals surface area contributed by atoms with E-state index in [9.17, 15) is 9.59 Å². The first-order chi connectivity index (χ1) is 15.5. The van der Waals surface area contributed by atoms with Crippen LogP contribution >= 0.6 is 34.0 Å². The van der Waals surface area contributed by atoms with E-state index in [1.165, 1.54) is 25.7 Å². The van der Waals surface area contributed by atoms with Gasteiger partial charge in [-0.25, -0.2) is 0 Å². The number of amides is 2. The number of halogens is 2. The average molecular weight is 613 g/mol. The van der Waals surface area contributed by atoms with Gasteiger partial charge in [0.15, 0.2) is 0 Å². The van der Waals surface area contributed by atoms with E-state index in [2.05, 4.69) is 37.5 Å². The molecule has 202 valence electrons. The summed E-state index contributed by atoms with van der Waals surface area (Å²) in [6.07, 6.45) is 9.41. The first-order valence-corrected chi connectivity index (χ1v) is 13.6. The monoisotopic (exact) mass is 610 g/mol. The summed E-state index contributed by atoms with van der Waals surface area (Å²) in [5.41, 5.74) is 0. The summed E-state index contributed by atoms with van der Waals surface area (Å²) < 4.78 is 0. The van der Waals surface area contributed by atoms with Crippen LogP contribution in [0.25, 0.3) is 0 Å². The Morgan fingerprint density at radius 3 is 1.32 bits per heavy atom. The molecule has 0 aromatic rings. The van der Waals surface area contributed by atoms with Gasteiger partial charge in [-0.3, -0.25) is 9.59 Å². The molecular formula is C26H52Br2N4O2. The average Bonchev–Trinajstić information content (AvgIpc) is 2.83. The van der Waals surface area contributed by atoms with Crippen molar-refractivity contribution in [2.24, 2.45) is 11.8 Å². The van der Waals surface area contributed by atoms with Crippen molar-refractivity contribution in [1.29, 1.82) is 0 Å². The van der Waals surface area contributed by atoms with Gasteiger partial charge in [-0.2, -0.15) is 0 Å². The molecule has 2 unspecified atom stereocenters. The van der Waals surface area contributed by atoms with Gasteiger partial charge < -0.3 is 19.6 Å². The molecule has 2 rings (SSSR count). The lowest BCUT2D eigenvalue weighted by Crippen LogP contribution is -2.45. The third kappa shape index (κ3) is 10.8. The van der Waals surface area contributed by atoms with Crippen LogP contribution in [-0.4, -0.2) is 96.9 Å². The van der Waals surface area contributed by atoms with E-state index in [1.54, 1.807) is 0 Å². The Kier molecular flexibility index (Phi) is 18.9. The summed E-state index contributed by atoms with van der Waals surface area (Å²) in [5, 5.41) is 0. The summed E-state index contributed by atoms with van der Waals surface area (Å²) in [6, 6.07) is 0. The molecule has 0 aromatic heterocycles. The maximum absolute atomic E-state index is 12.7. The summed E-state index contributed by atoms with van der Waals surface area (Å²) in [5.74, 6) is 1.13. The fourth-order valence-corrected chi connectivity index (χ4v) is 5.53. The number of hydrogen-bond donors (Lipinski definition) is 0. The number of hydrogen-bond acceptors (Lipinski definition) is 4. The molecule has 2 fully saturated rings. The summed E-state index contributed by atoms with van der Waals surface area (Å²) in [6.45, 7) is 18.1. The number of piperidine rings is 2. The standard InChI is InChI=1S/C26H50N4O2.2BrH/c1-5-29(6-2)25(31)23-15-13-19-27(21-23)17-11-9-10-12-18-28-20-14-16-24(22-28)26(32)30(7-3)8-4;;/h23-24H,5-22H2,1-4H3;2*1H. The molecule has 2 aliphatic rings. The fraction of sp³-hybridized carbons (Fsp3) is 0.923. The van der Waals surface area contributed by atoms with Crippen molar-refractivity contribution in [2.45, 2.75) is 79.1 Å². The zero-order valence-corrected chi connectivity index (χ0v) is 25.7. The van der Waals surface area contributed by atoms with Gasteiger partial charge in [-0.15, -0.1) is 34.0 Å². The van der Waals surface area contributed by atoms with E-state index >= 15 is 0 Å². The number of carbonyl (C=O) groups excluding carboxylic acids is 2. The third-order valence-electron chi connectivity index (χ3n) is 7.56. The number of carbonyl (C=O) groups is 2. The van der Waals surface area contributed by atoms with Crippen LogP contribution in [0.5, 0.6) is 0 Å². The topological polar surface area (TPSA) is 47.1 Å². The maximum Gasteiger partial charge on any atom is 0.226 e. The Balaban J connectivity index is 0.00000544. The van der Waals surface area contributed by atoms with Crippen molar-refractivity contribution < 1.29 is 9.59 Å². The van der Waals surface area contributed by atoms with Crippen molar-refractivity contribution in [3.63, 3.8) is 0 Å². The smallest absolute Gasteiger partial charge is 0.226 e. The SMILES string of the molecule is Br.Br.CCN(CC)C(=O)C1CCCN(CCCCCCN2CCCC(C(=O)N(CC)CC)C2)C1. The Labute approximate surface area is 230 Å². The minimum absolute atomic E-state index is 0. The Morgan fingerprint density at radius 2 is 1.00 bits per heavy atom. The minimum atomic E-state index is 0. The van der Waals surface area contributed by atoms with Crippen LogP contribution in [0.4, 0.5) is 0 Å². The highest BCUT2D eigenvalue weighted by molar-refractivity contribution is 8.93. The van der Waals surface area contributed by atoms with Crippen LogP contribution in [0.1, 0.15) is 79.1 Å². The Bertz CT molecular complexity index is 511. The van der Waals surface area contributed by atoms with Crippen LogP contribution < -0.4 is 0 Å². The molecule has 0 aromatic carbocycles. The molecule has 2 saturated heterocycles. The van der Waals surface area contributed by atoms with Gasteiger partial charge in [0.1, 0.15) is 0 Å². The molecule has 0 aliphatic carbocycles. The van der Waals surface area contributed by atoms with E-state index in [-0.39, 0.29) is 45.8 Å². The summed E-state index contributed by atoms with van der Waals surface area (Å²) in [4.78, 5) is 34.4. The molecule has 2 aliphatic heterocycles. The van der Waals surface area contributed by atoms with Gasteiger partial charge >= 0.3 is 0 Å². The molecule has 2 amide bonds. The summed E-state index contributed by atoms with van der Waals surface area (Å²) in [7, 11) is 0. The molecule has 8 heteroatoms. The van der Waals surface area contributed by atoms with Crippen molar-refractivity contribution in [2.75, 3.05) is 65.4 Å². The minimum Gasteiger partial charge on any atom is -0.343 e. The quantitative estimate of drug-likeness (QED) is 0.279. The molecule has 0 bridgehead atoms.